The molecule has 0 unspecified atom stereocenters. The van der Waals surface area contributed by atoms with E-state index in [2.05, 4.69) is 43.6 Å². The highest BCUT2D eigenvalue weighted by molar-refractivity contribution is 5.56. The largest absolute Gasteiger partial charge is 0.486 e. The maximum Gasteiger partial charge on any atom is 0.266 e. The fraction of sp³-hybridized carbons (Fsp3) is 0.417. The molecule has 0 amide bonds. The Labute approximate surface area is 177 Å². The first-order chi connectivity index (χ1) is 14.4. The molecule has 4 rings (SSSR count). The summed E-state index contributed by atoms with van der Waals surface area (Å²) in [6.07, 6.45) is 1.18. The summed E-state index contributed by atoms with van der Waals surface area (Å²) < 4.78 is 17.7. The Kier molecular flexibility index (Phi) is 5.54. The van der Waals surface area contributed by atoms with Gasteiger partial charge in [-0.2, -0.15) is 10.2 Å². The lowest BCUT2D eigenvalue weighted by molar-refractivity contribution is 0.271. The van der Waals surface area contributed by atoms with Crippen molar-refractivity contribution < 1.29 is 13.6 Å². The molecule has 1 saturated heterocycles. The third-order valence-corrected chi connectivity index (χ3v) is 5.60. The van der Waals surface area contributed by atoms with Crippen molar-refractivity contribution in [3.8, 4) is 23.5 Å². The number of aryl methyl sites for hydroxylation is 2. The Bertz CT molecular complexity index is 1070. The van der Waals surface area contributed by atoms with Crippen molar-refractivity contribution in [2.75, 3.05) is 18.0 Å². The van der Waals surface area contributed by atoms with E-state index in [1.165, 1.54) is 17.5 Å². The van der Waals surface area contributed by atoms with Crippen LogP contribution in [0.1, 0.15) is 42.8 Å². The van der Waals surface area contributed by atoms with Crippen molar-refractivity contribution in [2.45, 2.75) is 40.7 Å². The van der Waals surface area contributed by atoms with E-state index in [4.69, 9.17) is 13.6 Å². The predicted molar refractivity (Wildman–Crippen MR) is 114 cm³/mol. The Morgan fingerprint density at radius 3 is 2.57 bits per heavy atom. The first-order valence-electron chi connectivity index (χ1n) is 10.4. The van der Waals surface area contributed by atoms with Gasteiger partial charge in [-0.25, -0.2) is 0 Å². The minimum atomic E-state index is 0.302. The SMILES string of the molecule is Cc1ccc(OCc2ccc(-c3nc(C#N)c(N4C[C@H](C)C[C@@H](C)C4)o3)o2)cc1C. The van der Waals surface area contributed by atoms with Gasteiger partial charge in [0.05, 0.1) is 0 Å². The highest BCUT2D eigenvalue weighted by Crippen LogP contribution is 2.33. The number of oxazole rings is 1. The van der Waals surface area contributed by atoms with Crippen LogP contribution in [-0.4, -0.2) is 18.1 Å². The van der Waals surface area contributed by atoms with Crippen LogP contribution in [0.4, 0.5) is 5.88 Å². The predicted octanol–water partition coefficient (Wildman–Crippen LogP) is 5.48. The van der Waals surface area contributed by atoms with Crippen molar-refractivity contribution in [3.05, 3.63) is 52.9 Å². The molecule has 3 heterocycles. The van der Waals surface area contributed by atoms with Crippen LogP contribution in [0.25, 0.3) is 11.7 Å². The third-order valence-electron chi connectivity index (χ3n) is 5.60. The smallest absolute Gasteiger partial charge is 0.266 e. The molecule has 1 aromatic carbocycles. The molecule has 6 heteroatoms. The summed E-state index contributed by atoms with van der Waals surface area (Å²) in [5.41, 5.74) is 2.72. The van der Waals surface area contributed by atoms with E-state index in [0.29, 0.717) is 47.4 Å². The van der Waals surface area contributed by atoms with Gasteiger partial charge in [-0.15, -0.1) is 0 Å². The van der Waals surface area contributed by atoms with Gasteiger partial charge in [0.25, 0.3) is 5.89 Å². The second kappa shape index (κ2) is 8.27. The van der Waals surface area contributed by atoms with Crippen LogP contribution in [-0.2, 0) is 6.61 Å². The van der Waals surface area contributed by atoms with Crippen LogP contribution >= 0.6 is 0 Å². The number of hydrogen-bond acceptors (Lipinski definition) is 6. The van der Waals surface area contributed by atoms with E-state index in [0.717, 1.165) is 18.8 Å². The van der Waals surface area contributed by atoms with Crippen molar-refractivity contribution in [3.63, 3.8) is 0 Å². The van der Waals surface area contributed by atoms with Crippen LogP contribution in [0.5, 0.6) is 5.75 Å². The number of nitrogens with zero attached hydrogens (tertiary/aromatic N) is 3. The van der Waals surface area contributed by atoms with Crippen LogP contribution in [0.3, 0.4) is 0 Å². The summed E-state index contributed by atoms with van der Waals surface area (Å²) >= 11 is 0. The Morgan fingerprint density at radius 2 is 1.87 bits per heavy atom. The summed E-state index contributed by atoms with van der Waals surface area (Å²) in [5, 5.41) is 9.55. The molecule has 1 aliphatic rings. The number of rotatable bonds is 5. The summed E-state index contributed by atoms with van der Waals surface area (Å²) in [7, 11) is 0. The molecular weight excluding hydrogens is 378 g/mol. The van der Waals surface area contributed by atoms with E-state index in [-0.39, 0.29) is 0 Å². The second-order valence-electron chi connectivity index (χ2n) is 8.44. The van der Waals surface area contributed by atoms with Crippen molar-refractivity contribution in [2.24, 2.45) is 11.8 Å². The van der Waals surface area contributed by atoms with Crippen molar-refractivity contribution in [1.82, 2.24) is 4.98 Å². The van der Waals surface area contributed by atoms with E-state index < -0.39 is 0 Å². The normalized spacial score (nSPS) is 19.0. The quantitative estimate of drug-likeness (QED) is 0.559. The summed E-state index contributed by atoms with van der Waals surface area (Å²) in [6.45, 7) is 10.6. The zero-order valence-electron chi connectivity index (χ0n) is 17.9. The van der Waals surface area contributed by atoms with Crippen LogP contribution in [0.15, 0.2) is 39.2 Å². The molecule has 1 fully saturated rings. The number of ether oxygens (including phenoxy) is 1. The van der Waals surface area contributed by atoms with Crippen LogP contribution in [0, 0.1) is 37.0 Å². The van der Waals surface area contributed by atoms with E-state index in [9.17, 15) is 5.26 Å². The van der Waals surface area contributed by atoms with E-state index in [1.54, 1.807) is 6.07 Å². The number of piperidine rings is 1. The molecule has 30 heavy (non-hydrogen) atoms. The lowest BCUT2D eigenvalue weighted by Crippen LogP contribution is -2.38. The molecule has 0 saturated carbocycles. The summed E-state index contributed by atoms with van der Waals surface area (Å²) in [5.74, 6) is 3.92. The lowest BCUT2D eigenvalue weighted by atomic mass is 9.92. The molecule has 6 nitrogen and oxygen atoms in total. The molecule has 2 aromatic heterocycles. The van der Waals surface area contributed by atoms with Gasteiger partial charge in [0.1, 0.15) is 24.2 Å². The topological polar surface area (TPSA) is 75.4 Å². The van der Waals surface area contributed by atoms with Gasteiger partial charge >= 0.3 is 0 Å². The highest BCUT2D eigenvalue weighted by Gasteiger charge is 2.28. The number of nitriles is 1. The van der Waals surface area contributed by atoms with Gasteiger partial charge in [-0.1, -0.05) is 19.9 Å². The molecule has 0 aliphatic carbocycles. The molecule has 1 aliphatic heterocycles. The second-order valence-corrected chi connectivity index (χ2v) is 8.44. The summed E-state index contributed by atoms with van der Waals surface area (Å²) in [6, 6.07) is 11.8. The average molecular weight is 405 g/mol. The van der Waals surface area contributed by atoms with Gasteiger partial charge in [0, 0.05) is 13.1 Å². The molecule has 2 atom stereocenters. The number of furan rings is 1. The molecular formula is C24H27N3O3. The first-order valence-corrected chi connectivity index (χ1v) is 10.4. The fourth-order valence-electron chi connectivity index (χ4n) is 4.06. The monoisotopic (exact) mass is 405 g/mol. The molecule has 0 spiro atoms. The molecule has 0 radical (unpaired) electrons. The number of hydrogen-bond donors (Lipinski definition) is 0. The molecule has 0 bridgehead atoms. The fourth-order valence-corrected chi connectivity index (χ4v) is 4.06. The van der Waals surface area contributed by atoms with Crippen molar-refractivity contribution >= 4 is 5.88 Å². The Balaban J connectivity index is 1.50. The molecule has 3 aromatic rings. The Hall–Kier alpha value is -3.20. The van der Waals surface area contributed by atoms with E-state index >= 15 is 0 Å². The molecule has 156 valence electrons. The first kappa shape index (κ1) is 20.1. The van der Waals surface area contributed by atoms with Gasteiger partial charge in [0.15, 0.2) is 5.76 Å². The lowest BCUT2D eigenvalue weighted by Gasteiger charge is -2.34. The minimum absolute atomic E-state index is 0.302. The Morgan fingerprint density at radius 1 is 1.10 bits per heavy atom. The molecule has 0 N–H and O–H groups in total. The van der Waals surface area contributed by atoms with Gasteiger partial charge < -0.3 is 18.5 Å². The number of benzene rings is 1. The zero-order chi connectivity index (χ0) is 21.3. The standard InChI is InChI=1S/C24H27N3O3/c1-15-9-16(2)13-27(12-15)24-21(11-25)26-23(30-24)22-8-7-20(29-22)14-28-19-6-5-17(3)18(4)10-19/h5-8,10,15-16H,9,12-14H2,1-4H3/t15-,16-/m1/s1. The highest BCUT2D eigenvalue weighted by atomic mass is 16.5. The van der Waals surface area contributed by atoms with Gasteiger partial charge in [-0.05, 0) is 67.5 Å². The zero-order valence-corrected chi connectivity index (χ0v) is 17.9. The average Bonchev–Trinajstić information content (AvgIpc) is 3.35. The minimum Gasteiger partial charge on any atom is -0.486 e. The van der Waals surface area contributed by atoms with E-state index in [1.807, 2.05) is 24.3 Å². The third kappa shape index (κ3) is 4.20. The van der Waals surface area contributed by atoms with Crippen molar-refractivity contribution in [1.29, 1.82) is 5.26 Å². The van der Waals surface area contributed by atoms with Gasteiger partial charge in [0.2, 0.25) is 11.6 Å². The maximum atomic E-state index is 9.55. The van der Waals surface area contributed by atoms with Gasteiger partial charge in [-0.3, -0.25) is 0 Å². The summed E-state index contributed by atoms with van der Waals surface area (Å²) in [4.78, 5) is 6.50. The number of anilines is 1. The van der Waals surface area contributed by atoms with Crippen LogP contribution < -0.4 is 9.64 Å². The van der Waals surface area contributed by atoms with Crippen LogP contribution in [0.2, 0.25) is 0 Å². The number of aromatic nitrogens is 1. The maximum absolute atomic E-state index is 9.55.